The Morgan fingerprint density at radius 2 is 2.50 bits per heavy atom. The van der Waals surface area contributed by atoms with E-state index in [-0.39, 0.29) is 11.9 Å². The van der Waals surface area contributed by atoms with E-state index in [1.165, 1.54) is 6.42 Å². The van der Waals surface area contributed by atoms with Crippen molar-refractivity contribution in [1.82, 2.24) is 15.5 Å². The van der Waals surface area contributed by atoms with Crippen LogP contribution >= 0.6 is 0 Å². The molecular weight excluding hydrogens is 204 g/mol. The second kappa shape index (κ2) is 4.65. The molecule has 1 aliphatic rings. The van der Waals surface area contributed by atoms with Crippen molar-refractivity contribution >= 4 is 5.91 Å². The molecule has 0 spiro atoms. The number of amides is 1. The zero-order valence-corrected chi connectivity index (χ0v) is 9.49. The number of nitrogens with two attached hydrogens (primary N) is 1. The zero-order chi connectivity index (χ0) is 11.5. The molecule has 2 rings (SSSR count). The van der Waals surface area contributed by atoms with Gasteiger partial charge in [-0.2, -0.15) is 5.10 Å². The molecule has 2 unspecified atom stereocenters. The number of hydrogen-bond acceptors (Lipinski definition) is 3. The van der Waals surface area contributed by atoms with Crippen molar-refractivity contribution < 1.29 is 4.79 Å². The van der Waals surface area contributed by atoms with E-state index in [0.29, 0.717) is 18.0 Å². The summed E-state index contributed by atoms with van der Waals surface area (Å²) < 4.78 is 0. The molecule has 1 amide bonds. The fourth-order valence-corrected chi connectivity index (χ4v) is 2.22. The first-order chi connectivity index (χ1) is 7.68. The molecule has 1 aromatic rings. The van der Waals surface area contributed by atoms with Gasteiger partial charge in [0, 0.05) is 18.3 Å². The van der Waals surface area contributed by atoms with Crippen LogP contribution in [0.5, 0.6) is 0 Å². The lowest BCUT2D eigenvalue weighted by atomic mass is 10.0. The molecule has 0 aromatic carbocycles. The summed E-state index contributed by atoms with van der Waals surface area (Å²) in [6.07, 6.45) is 4.92. The zero-order valence-electron chi connectivity index (χ0n) is 9.49. The van der Waals surface area contributed by atoms with Crippen molar-refractivity contribution in [2.45, 2.75) is 32.2 Å². The maximum Gasteiger partial charge on any atom is 0.254 e. The number of carbonyl (C=O) groups is 1. The lowest BCUT2D eigenvalue weighted by molar-refractivity contribution is 0.0946. The van der Waals surface area contributed by atoms with E-state index < -0.39 is 0 Å². The largest absolute Gasteiger partial charge is 0.352 e. The molecule has 5 nitrogen and oxygen atoms in total. The van der Waals surface area contributed by atoms with Crippen LogP contribution < -0.4 is 11.1 Å². The Morgan fingerprint density at radius 1 is 1.69 bits per heavy atom. The highest BCUT2D eigenvalue weighted by molar-refractivity contribution is 5.94. The molecule has 5 heteroatoms. The van der Waals surface area contributed by atoms with E-state index in [2.05, 4.69) is 15.5 Å². The number of aromatic amines is 1. The molecule has 1 aromatic heterocycles. The SMILES string of the molecule is Cc1[nH]ncc1C(=O)NCC1CCCC1N. The minimum atomic E-state index is -0.0645. The second-order valence-corrected chi connectivity index (χ2v) is 4.47. The van der Waals surface area contributed by atoms with Gasteiger partial charge in [0.1, 0.15) is 0 Å². The molecule has 1 saturated carbocycles. The molecule has 1 aliphatic carbocycles. The molecule has 2 atom stereocenters. The summed E-state index contributed by atoms with van der Waals surface area (Å²) in [5, 5.41) is 9.50. The van der Waals surface area contributed by atoms with Gasteiger partial charge < -0.3 is 11.1 Å². The average Bonchev–Trinajstić information content (AvgIpc) is 2.84. The average molecular weight is 222 g/mol. The standard InChI is InChI=1S/C11H18N4O/c1-7-9(6-14-15-7)11(16)13-5-8-3-2-4-10(8)12/h6,8,10H,2-5,12H2,1H3,(H,13,16)(H,14,15). The number of rotatable bonds is 3. The Hall–Kier alpha value is -1.36. The van der Waals surface area contributed by atoms with Crippen molar-refractivity contribution in [3.8, 4) is 0 Å². The Balaban J connectivity index is 1.86. The van der Waals surface area contributed by atoms with Gasteiger partial charge in [-0.05, 0) is 25.7 Å². The Labute approximate surface area is 94.8 Å². The smallest absolute Gasteiger partial charge is 0.254 e. The van der Waals surface area contributed by atoms with Crippen LogP contribution in [0.1, 0.15) is 35.3 Å². The van der Waals surface area contributed by atoms with Crippen molar-refractivity contribution in [1.29, 1.82) is 0 Å². The van der Waals surface area contributed by atoms with Crippen molar-refractivity contribution in [2.24, 2.45) is 11.7 Å². The summed E-state index contributed by atoms with van der Waals surface area (Å²) in [6, 6.07) is 0.241. The van der Waals surface area contributed by atoms with E-state index in [4.69, 9.17) is 5.73 Å². The minimum Gasteiger partial charge on any atom is -0.352 e. The number of carbonyl (C=O) groups excluding carboxylic acids is 1. The van der Waals surface area contributed by atoms with Crippen LogP contribution in [0.3, 0.4) is 0 Å². The Morgan fingerprint density at radius 3 is 3.06 bits per heavy atom. The van der Waals surface area contributed by atoms with Crippen LogP contribution in [0, 0.1) is 12.8 Å². The van der Waals surface area contributed by atoms with E-state index >= 15 is 0 Å². The van der Waals surface area contributed by atoms with Gasteiger partial charge in [-0.25, -0.2) is 0 Å². The van der Waals surface area contributed by atoms with Crippen LogP contribution in [-0.4, -0.2) is 28.7 Å². The Bertz CT molecular complexity index is 374. The summed E-state index contributed by atoms with van der Waals surface area (Å²) in [5.74, 6) is 0.363. The Kier molecular flexibility index (Phi) is 3.24. The molecule has 1 fully saturated rings. The van der Waals surface area contributed by atoms with Crippen LogP contribution in [0.4, 0.5) is 0 Å². The van der Waals surface area contributed by atoms with Crippen LogP contribution in [0.15, 0.2) is 6.20 Å². The van der Waals surface area contributed by atoms with Crippen molar-refractivity contribution in [3.63, 3.8) is 0 Å². The summed E-state index contributed by atoms with van der Waals surface area (Å²) in [4.78, 5) is 11.8. The molecule has 4 N–H and O–H groups in total. The maximum absolute atomic E-state index is 11.8. The van der Waals surface area contributed by atoms with Gasteiger partial charge >= 0.3 is 0 Å². The number of H-pyrrole nitrogens is 1. The van der Waals surface area contributed by atoms with E-state index in [1.807, 2.05) is 6.92 Å². The third-order valence-corrected chi connectivity index (χ3v) is 3.32. The van der Waals surface area contributed by atoms with Gasteiger partial charge in [-0.15, -0.1) is 0 Å². The molecule has 88 valence electrons. The molecule has 0 bridgehead atoms. The number of nitrogens with zero attached hydrogens (tertiary/aromatic N) is 1. The molecule has 0 radical (unpaired) electrons. The topological polar surface area (TPSA) is 83.8 Å². The minimum absolute atomic E-state index is 0.0645. The predicted octanol–water partition coefficient (Wildman–Crippen LogP) is 0.575. The van der Waals surface area contributed by atoms with Gasteiger partial charge in [0.25, 0.3) is 5.91 Å². The number of hydrogen-bond donors (Lipinski definition) is 3. The normalized spacial score (nSPS) is 24.6. The fraction of sp³-hybridized carbons (Fsp3) is 0.636. The van der Waals surface area contributed by atoms with Gasteiger partial charge in [-0.3, -0.25) is 9.89 Å². The highest BCUT2D eigenvalue weighted by Crippen LogP contribution is 2.23. The third kappa shape index (κ3) is 2.24. The summed E-state index contributed by atoms with van der Waals surface area (Å²) >= 11 is 0. The summed E-state index contributed by atoms with van der Waals surface area (Å²) in [5.41, 5.74) is 7.36. The van der Waals surface area contributed by atoms with E-state index in [1.54, 1.807) is 6.20 Å². The van der Waals surface area contributed by atoms with E-state index in [0.717, 1.165) is 18.5 Å². The van der Waals surface area contributed by atoms with Crippen LogP contribution in [0.2, 0.25) is 0 Å². The number of nitrogens with one attached hydrogen (secondary N) is 2. The summed E-state index contributed by atoms with van der Waals surface area (Å²) in [6.45, 7) is 2.51. The third-order valence-electron chi connectivity index (χ3n) is 3.32. The first-order valence-corrected chi connectivity index (χ1v) is 5.72. The monoisotopic (exact) mass is 222 g/mol. The van der Waals surface area contributed by atoms with Gasteiger partial charge in [0.05, 0.1) is 11.8 Å². The first-order valence-electron chi connectivity index (χ1n) is 5.72. The van der Waals surface area contributed by atoms with Gasteiger partial charge in [-0.1, -0.05) is 6.42 Å². The number of aryl methyl sites for hydroxylation is 1. The predicted molar refractivity (Wildman–Crippen MR) is 61.0 cm³/mol. The lowest BCUT2D eigenvalue weighted by Crippen LogP contribution is -2.36. The fourth-order valence-electron chi connectivity index (χ4n) is 2.22. The van der Waals surface area contributed by atoms with Gasteiger partial charge in [0.2, 0.25) is 0 Å². The number of aromatic nitrogens is 2. The quantitative estimate of drug-likeness (QED) is 0.699. The summed E-state index contributed by atoms with van der Waals surface area (Å²) in [7, 11) is 0. The molecular formula is C11H18N4O. The van der Waals surface area contributed by atoms with Crippen LogP contribution in [0.25, 0.3) is 0 Å². The highest BCUT2D eigenvalue weighted by atomic mass is 16.1. The molecule has 16 heavy (non-hydrogen) atoms. The van der Waals surface area contributed by atoms with Crippen molar-refractivity contribution in [3.05, 3.63) is 17.5 Å². The van der Waals surface area contributed by atoms with Crippen LogP contribution in [-0.2, 0) is 0 Å². The molecule has 1 heterocycles. The van der Waals surface area contributed by atoms with Gasteiger partial charge in [0.15, 0.2) is 0 Å². The second-order valence-electron chi connectivity index (χ2n) is 4.47. The first kappa shape index (κ1) is 11.1. The van der Waals surface area contributed by atoms with Crippen molar-refractivity contribution in [2.75, 3.05) is 6.54 Å². The molecule has 0 saturated heterocycles. The maximum atomic E-state index is 11.8. The molecule has 0 aliphatic heterocycles. The van der Waals surface area contributed by atoms with E-state index in [9.17, 15) is 4.79 Å². The lowest BCUT2D eigenvalue weighted by Gasteiger charge is -2.15. The highest BCUT2D eigenvalue weighted by Gasteiger charge is 2.24.